The minimum Gasteiger partial charge on any atom is -0.356 e. The van der Waals surface area contributed by atoms with Crippen LogP contribution in [-0.2, 0) is 4.74 Å². The van der Waals surface area contributed by atoms with Gasteiger partial charge in [-0.2, -0.15) is 5.10 Å². The average molecular weight is 230 g/mol. The van der Waals surface area contributed by atoms with Crippen LogP contribution in [0.25, 0.3) is 10.9 Å². The molecule has 1 saturated heterocycles. The second kappa shape index (κ2) is 4.30. The molecule has 3 rings (SSSR count). The Morgan fingerprint density at radius 2 is 2.24 bits per heavy atom. The van der Waals surface area contributed by atoms with Crippen LogP contribution in [0.2, 0.25) is 0 Å². The minimum atomic E-state index is -0.0256. The van der Waals surface area contributed by atoms with Gasteiger partial charge in [0.25, 0.3) is 0 Å². The highest BCUT2D eigenvalue weighted by atomic mass is 16.5. The van der Waals surface area contributed by atoms with Crippen molar-refractivity contribution in [3.63, 3.8) is 0 Å². The third kappa shape index (κ3) is 1.74. The monoisotopic (exact) mass is 230 g/mol. The molecule has 0 aliphatic carbocycles. The van der Waals surface area contributed by atoms with Gasteiger partial charge < -0.3 is 4.74 Å². The third-order valence-electron chi connectivity index (χ3n) is 3.18. The SMILES string of the molecule is O=Cc1nn(C2CCCCO2)c2ccccc12. The Kier molecular flexibility index (Phi) is 2.65. The molecule has 4 nitrogen and oxygen atoms in total. The van der Waals surface area contributed by atoms with E-state index < -0.39 is 0 Å². The summed E-state index contributed by atoms with van der Waals surface area (Å²) in [5.41, 5.74) is 1.47. The molecule has 2 heterocycles. The van der Waals surface area contributed by atoms with Crippen molar-refractivity contribution in [1.82, 2.24) is 9.78 Å². The van der Waals surface area contributed by atoms with Gasteiger partial charge in [0.15, 0.2) is 12.5 Å². The fourth-order valence-electron chi connectivity index (χ4n) is 2.34. The summed E-state index contributed by atoms with van der Waals surface area (Å²) in [6.07, 6.45) is 4.00. The number of hydrogen-bond donors (Lipinski definition) is 0. The normalized spacial score (nSPS) is 20.6. The predicted octanol–water partition coefficient (Wildman–Crippen LogP) is 2.55. The summed E-state index contributed by atoms with van der Waals surface area (Å²) in [6, 6.07) is 7.78. The zero-order valence-corrected chi connectivity index (χ0v) is 9.50. The molecule has 1 aromatic carbocycles. The molecule has 0 bridgehead atoms. The van der Waals surface area contributed by atoms with Crippen LogP contribution in [-0.4, -0.2) is 22.7 Å². The highest BCUT2D eigenvalue weighted by Gasteiger charge is 2.20. The Bertz CT molecular complexity index is 541. The Morgan fingerprint density at radius 1 is 1.35 bits per heavy atom. The summed E-state index contributed by atoms with van der Waals surface area (Å²) >= 11 is 0. The average Bonchev–Trinajstić information content (AvgIpc) is 2.78. The van der Waals surface area contributed by atoms with Gasteiger partial charge in [-0.1, -0.05) is 18.2 Å². The van der Waals surface area contributed by atoms with Gasteiger partial charge >= 0.3 is 0 Å². The molecule has 0 spiro atoms. The number of hydrogen-bond acceptors (Lipinski definition) is 3. The molecular weight excluding hydrogens is 216 g/mol. The molecule has 0 N–H and O–H groups in total. The van der Waals surface area contributed by atoms with Gasteiger partial charge in [-0.15, -0.1) is 0 Å². The lowest BCUT2D eigenvalue weighted by molar-refractivity contribution is -0.0367. The molecule has 4 heteroatoms. The molecule has 0 radical (unpaired) electrons. The second-order valence-corrected chi connectivity index (χ2v) is 4.29. The molecule has 1 fully saturated rings. The molecule has 17 heavy (non-hydrogen) atoms. The maximum atomic E-state index is 11.0. The van der Waals surface area contributed by atoms with E-state index in [-0.39, 0.29) is 6.23 Å². The molecular formula is C13H14N2O2. The van der Waals surface area contributed by atoms with Crippen LogP contribution in [0.3, 0.4) is 0 Å². The van der Waals surface area contributed by atoms with Crippen molar-refractivity contribution in [3.05, 3.63) is 30.0 Å². The number of benzene rings is 1. The summed E-state index contributed by atoms with van der Waals surface area (Å²) in [6.45, 7) is 0.773. The topological polar surface area (TPSA) is 44.1 Å². The summed E-state index contributed by atoms with van der Waals surface area (Å²) in [4.78, 5) is 11.0. The van der Waals surface area contributed by atoms with E-state index in [0.717, 1.165) is 43.1 Å². The van der Waals surface area contributed by atoms with E-state index in [1.54, 1.807) is 0 Å². The van der Waals surface area contributed by atoms with E-state index in [0.29, 0.717) is 5.69 Å². The molecule has 1 aliphatic heterocycles. The Labute approximate surface area is 99.2 Å². The van der Waals surface area contributed by atoms with Gasteiger partial charge in [0, 0.05) is 12.0 Å². The van der Waals surface area contributed by atoms with Crippen molar-refractivity contribution in [3.8, 4) is 0 Å². The Hall–Kier alpha value is -1.68. The number of ether oxygens (including phenoxy) is 1. The van der Waals surface area contributed by atoms with Gasteiger partial charge in [0.1, 0.15) is 5.69 Å². The van der Waals surface area contributed by atoms with Crippen molar-refractivity contribution in [2.75, 3.05) is 6.61 Å². The number of para-hydroxylation sites is 1. The van der Waals surface area contributed by atoms with E-state index >= 15 is 0 Å². The maximum Gasteiger partial charge on any atom is 0.170 e. The first kappa shape index (κ1) is 10.5. The number of aromatic nitrogens is 2. The lowest BCUT2D eigenvalue weighted by Gasteiger charge is -2.23. The van der Waals surface area contributed by atoms with Crippen LogP contribution in [0.15, 0.2) is 24.3 Å². The summed E-state index contributed by atoms with van der Waals surface area (Å²) in [5, 5.41) is 5.25. The molecule has 2 aromatic rings. The maximum absolute atomic E-state index is 11.0. The molecule has 0 saturated carbocycles. The first-order valence-corrected chi connectivity index (χ1v) is 5.94. The molecule has 1 aromatic heterocycles. The van der Waals surface area contributed by atoms with Crippen LogP contribution in [0.4, 0.5) is 0 Å². The predicted molar refractivity (Wildman–Crippen MR) is 64.0 cm³/mol. The van der Waals surface area contributed by atoms with Gasteiger partial charge in [-0.05, 0) is 25.3 Å². The quantitative estimate of drug-likeness (QED) is 0.745. The lowest BCUT2D eigenvalue weighted by atomic mass is 10.2. The van der Waals surface area contributed by atoms with Gasteiger partial charge in [-0.3, -0.25) is 4.79 Å². The van der Waals surface area contributed by atoms with Crippen molar-refractivity contribution < 1.29 is 9.53 Å². The molecule has 1 atom stereocenters. The van der Waals surface area contributed by atoms with Crippen molar-refractivity contribution in [2.24, 2.45) is 0 Å². The molecule has 1 unspecified atom stereocenters. The fraction of sp³-hybridized carbons (Fsp3) is 0.385. The zero-order valence-electron chi connectivity index (χ0n) is 9.50. The first-order valence-electron chi connectivity index (χ1n) is 5.94. The molecule has 1 aliphatic rings. The molecule has 0 amide bonds. The van der Waals surface area contributed by atoms with E-state index in [4.69, 9.17) is 4.74 Å². The van der Waals surface area contributed by atoms with Crippen LogP contribution in [0.5, 0.6) is 0 Å². The van der Waals surface area contributed by atoms with E-state index in [2.05, 4.69) is 5.10 Å². The number of nitrogens with zero attached hydrogens (tertiary/aromatic N) is 2. The van der Waals surface area contributed by atoms with Gasteiger partial charge in [0.05, 0.1) is 5.52 Å². The first-order chi connectivity index (χ1) is 8.40. The van der Waals surface area contributed by atoms with E-state index in [1.807, 2.05) is 28.9 Å². The van der Waals surface area contributed by atoms with E-state index in [1.165, 1.54) is 0 Å². The van der Waals surface area contributed by atoms with Crippen molar-refractivity contribution in [2.45, 2.75) is 25.5 Å². The standard InChI is InChI=1S/C13H14N2O2/c16-9-11-10-5-1-2-6-12(10)15(14-11)13-7-3-4-8-17-13/h1-2,5-6,9,13H,3-4,7-8H2. The van der Waals surface area contributed by atoms with Gasteiger partial charge in [0.2, 0.25) is 0 Å². The highest BCUT2D eigenvalue weighted by Crippen LogP contribution is 2.27. The Balaban J connectivity index is 2.11. The van der Waals surface area contributed by atoms with Crippen molar-refractivity contribution >= 4 is 17.2 Å². The number of fused-ring (bicyclic) bond motifs is 1. The summed E-state index contributed by atoms with van der Waals surface area (Å²) in [5.74, 6) is 0. The van der Waals surface area contributed by atoms with Crippen LogP contribution < -0.4 is 0 Å². The largest absolute Gasteiger partial charge is 0.356 e. The number of aldehydes is 1. The van der Waals surface area contributed by atoms with Crippen LogP contribution >= 0.6 is 0 Å². The number of carbonyl (C=O) groups excluding carboxylic acids is 1. The van der Waals surface area contributed by atoms with Crippen LogP contribution in [0.1, 0.15) is 36.0 Å². The minimum absolute atomic E-state index is 0.0256. The number of carbonyl (C=O) groups is 1. The second-order valence-electron chi connectivity index (χ2n) is 4.29. The zero-order chi connectivity index (χ0) is 11.7. The summed E-state index contributed by atoms with van der Waals surface area (Å²) < 4.78 is 7.56. The fourth-order valence-corrected chi connectivity index (χ4v) is 2.34. The smallest absolute Gasteiger partial charge is 0.170 e. The van der Waals surface area contributed by atoms with Crippen molar-refractivity contribution in [1.29, 1.82) is 0 Å². The summed E-state index contributed by atoms with van der Waals surface area (Å²) in [7, 11) is 0. The van der Waals surface area contributed by atoms with Crippen LogP contribution in [0, 0.1) is 0 Å². The third-order valence-corrected chi connectivity index (χ3v) is 3.18. The van der Waals surface area contributed by atoms with E-state index in [9.17, 15) is 4.79 Å². The number of rotatable bonds is 2. The van der Waals surface area contributed by atoms with Gasteiger partial charge in [-0.25, -0.2) is 4.68 Å². The molecule has 88 valence electrons. The lowest BCUT2D eigenvalue weighted by Crippen LogP contribution is -2.19. The Morgan fingerprint density at radius 3 is 3.00 bits per heavy atom. The highest BCUT2D eigenvalue weighted by molar-refractivity contribution is 5.95.